The molecule has 2 N–H and O–H groups in total. The number of aromatic nitrogens is 1. The topological polar surface area (TPSA) is 105 Å². The van der Waals surface area contributed by atoms with Gasteiger partial charge in [0.2, 0.25) is 0 Å². The second-order valence-corrected chi connectivity index (χ2v) is 12.0. The summed E-state index contributed by atoms with van der Waals surface area (Å²) in [7, 11) is -3.41. The SMILES string of the molecule is CS(=O)(=O)c1cccc(-c2cc(C(=O)NCc3ccc(C(=O)O)cc3)c3c(ccn3Cc3cccc(Cl)c3)c2)c1. The van der Waals surface area contributed by atoms with E-state index in [0.29, 0.717) is 28.3 Å². The summed E-state index contributed by atoms with van der Waals surface area (Å²) >= 11 is 6.20. The number of hydrogen-bond acceptors (Lipinski definition) is 4. The Bertz CT molecular complexity index is 1860. The molecule has 0 spiro atoms. The van der Waals surface area contributed by atoms with E-state index in [0.717, 1.165) is 28.3 Å². The zero-order valence-electron chi connectivity index (χ0n) is 21.5. The zero-order valence-corrected chi connectivity index (χ0v) is 23.0. The first-order valence-corrected chi connectivity index (χ1v) is 14.6. The van der Waals surface area contributed by atoms with Gasteiger partial charge >= 0.3 is 5.97 Å². The Labute approximate surface area is 236 Å². The van der Waals surface area contributed by atoms with Crippen molar-refractivity contribution in [2.45, 2.75) is 18.0 Å². The van der Waals surface area contributed by atoms with Crippen LogP contribution in [0.2, 0.25) is 5.02 Å². The van der Waals surface area contributed by atoms with Crippen molar-refractivity contribution in [2.75, 3.05) is 6.26 Å². The number of amides is 1. The van der Waals surface area contributed by atoms with Crippen LogP contribution in [0.4, 0.5) is 0 Å². The number of carbonyl (C=O) groups excluding carboxylic acids is 1. The van der Waals surface area contributed by atoms with E-state index in [1.807, 2.05) is 47.2 Å². The summed E-state index contributed by atoms with van der Waals surface area (Å²) in [6, 6.07) is 26.1. The summed E-state index contributed by atoms with van der Waals surface area (Å²) in [4.78, 5) is 25.0. The fourth-order valence-corrected chi connectivity index (χ4v) is 5.48. The third kappa shape index (κ3) is 5.93. The Morgan fingerprint density at radius 2 is 1.62 bits per heavy atom. The van der Waals surface area contributed by atoms with E-state index in [1.54, 1.807) is 42.5 Å². The van der Waals surface area contributed by atoms with Gasteiger partial charge in [0.05, 0.1) is 21.5 Å². The van der Waals surface area contributed by atoms with E-state index in [9.17, 15) is 18.0 Å². The monoisotopic (exact) mass is 572 g/mol. The van der Waals surface area contributed by atoms with Gasteiger partial charge in [-0.15, -0.1) is 0 Å². The van der Waals surface area contributed by atoms with Crippen LogP contribution in [0.15, 0.2) is 102 Å². The molecule has 0 saturated carbocycles. The second-order valence-electron chi connectivity index (χ2n) is 9.52. The molecule has 202 valence electrons. The molecule has 0 aliphatic heterocycles. The molecule has 0 unspecified atom stereocenters. The number of benzene rings is 4. The van der Waals surface area contributed by atoms with Crippen molar-refractivity contribution >= 4 is 44.2 Å². The molecule has 0 aliphatic rings. The fourth-order valence-electron chi connectivity index (χ4n) is 4.60. The van der Waals surface area contributed by atoms with Crippen molar-refractivity contribution < 1.29 is 23.1 Å². The van der Waals surface area contributed by atoms with Crippen molar-refractivity contribution in [1.82, 2.24) is 9.88 Å². The Morgan fingerprint density at radius 3 is 2.33 bits per heavy atom. The normalized spacial score (nSPS) is 11.4. The van der Waals surface area contributed by atoms with Crippen molar-refractivity contribution in [3.05, 3.63) is 124 Å². The summed E-state index contributed by atoms with van der Waals surface area (Å²) < 4.78 is 26.3. The highest BCUT2D eigenvalue weighted by Gasteiger charge is 2.18. The van der Waals surface area contributed by atoms with Crippen LogP contribution in [-0.2, 0) is 22.9 Å². The van der Waals surface area contributed by atoms with Gasteiger partial charge < -0.3 is 15.0 Å². The minimum Gasteiger partial charge on any atom is -0.478 e. The number of hydrogen-bond donors (Lipinski definition) is 2. The minimum absolute atomic E-state index is 0.166. The lowest BCUT2D eigenvalue weighted by atomic mass is 9.99. The van der Waals surface area contributed by atoms with E-state index < -0.39 is 15.8 Å². The lowest BCUT2D eigenvalue weighted by Crippen LogP contribution is -2.23. The third-order valence-corrected chi connectivity index (χ3v) is 7.94. The molecule has 0 saturated heterocycles. The van der Waals surface area contributed by atoms with Crippen molar-refractivity contribution in [1.29, 1.82) is 0 Å². The third-order valence-electron chi connectivity index (χ3n) is 6.60. The van der Waals surface area contributed by atoms with Crippen LogP contribution < -0.4 is 5.32 Å². The van der Waals surface area contributed by atoms with Crippen LogP contribution >= 0.6 is 11.6 Å². The molecular weight excluding hydrogens is 548 g/mol. The predicted molar refractivity (Wildman–Crippen MR) is 156 cm³/mol. The number of carboxylic acid groups (broad SMARTS) is 1. The van der Waals surface area contributed by atoms with Crippen molar-refractivity contribution in [3.8, 4) is 11.1 Å². The van der Waals surface area contributed by atoms with Gasteiger partial charge in [-0.3, -0.25) is 4.79 Å². The van der Waals surface area contributed by atoms with Gasteiger partial charge in [0.1, 0.15) is 0 Å². The number of sulfone groups is 1. The van der Waals surface area contributed by atoms with E-state index in [2.05, 4.69) is 5.32 Å². The number of aromatic carboxylic acids is 1. The largest absolute Gasteiger partial charge is 0.478 e. The quantitative estimate of drug-likeness (QED) is 0.236. The molecule has 9 heteroatoms. The van der Waals surface area contributed by atoms with E-state index in [1.165, 1.54) is 12.1 Å². The highest BCUT2D eigenvalue weighted by molar-refractivity contribution is 7.90. The molecule has 7 nitrogen and oxygen atoms in total. The first-order chi connectivity index (χ1) is 19.1. The summed E-state index contributed by atoms with van der Waals surface area (Å²) in [5.74, 6) is -1.34. The van der Waals surface area contributed by atoms with Crippen LogP contribution in [0.3, 0.4) is 0 Å². The van der Waals surface area contributed by atoms with E-state index in [-0.39, 0.29) is 22.9 Å². The lowest BCUT2D eigenvalue weighted by Gasteiger charge is -2.14. The van der Waals surface area contributed by atoms with Crippen molar-refractivity contribution in [3.63, 3.8) is 0 Å². The maximum absolute atomic E-state index is 13.6. The summed E-state index contributed by atoms with van der Waals surface area (Å²) in [5.41, 5.74) is 4.41. The first-order valence-electron chi connectivity index (χ1n) is 12.4. The Hall–Kier alpha value is -4.40. The molecule has 0 aliphatic carbocycles. The van der Waals surface area contributed by atoms with Crippen LogP contribution in [-0.4, -0.2) is 36.2 Å². The van der Waals surface area contributed by atoms with Gasteiger partial charge in [-0.05, 0) is 76.9 Å². The molecule has 5 rings (SSSR count). The first kappa shape index (κ1) is 27.2. The van der Waals surface area contributed by atoms with Gasteiger partial charge in [-0.1, -0.05) is 48.0 Å². The molecule has 1 amide bonds. The highest BCUT2D eigenvalue weighted by atomic mass is 35.5. The number of carboxylic acids is 1. The summed E-state index contributed by atoms with van der Waals surface area (Å²) in [5, 5.41) is 13.5. The van der Waals surface area contributed by atoms with Crippen molar-refractivity contribution in [2.24, 2.45) is 0 Å². The van der Waals surface area contributed by atoms with Crippen LogP contribution in [0.5, 0.6) is 0 Å². The Morgan fingerprint density at radius 1 is 0.875 bits per heavy atom. The van der Waals surface area contributed by atoms with Crippen LogP contribution in [0.25, 0.3) is 22.0 Å². The maximum Gasteiger partial charge on any atom is 0.335 e. The number of nitrogens with zero attached hydrogens (tertiary/aromatic N) is 1. The number of carbonyl (C=O) groups is 2. The van der Waals surface area contributed by atoms with Gasteiger partial charge in [0.25, 0.3) is 5.91 Å². The molecule has 1 aromatic heterocycles. The second kappa shape index (κ2) is 11.0. The Balaban J connectivity index is 1.56. The Kier molecular flexibility index (Phi) is 7.47. The average Bonchev–Trinajstić information content (AvgIpc) is 3.33. The van der Waals surface area contributed by atoms with Gasteiger partial charge in [-0.25, -0.2) is 13.2 Å². The number of halogens is 1. The molecule has 1 heterocycles. The molecule has 0 fully saturated rings. The molecule has 0 bridgehead atoms. The van der Waals surface area contributed by atoms with E-state index >= 15 is 0 Å². The molecule has 5 aromatic rings. The molecule has 0 radical (unpaired) electrons. The molecule has 0 atom stereocenters. The smallest absolute Gasteiger partial charge is 0.335 e. The van der Waals surface area contributed by atoms with Gasteiger partial charge in [-0.2, -0.15) is 0 Å². The number of fused-ring (bicyclic) bond motifs is 1. The van der Waals surface area contributed by atoms with Crippen LogP contribution in [0, 0.1) is 0 Å². The molecule has 40 heavy (non-hydrogen) atoms. The average molecular weight is 573 g/mol. The zero-order chi connectivity index (χ0) is 28.4. The fraction of sp³-hybridized carbons (Fsp3) is 0.0968. The van der Waals surface area contributed by atoms with Gasteiger partial charge in [0, 0.05) is 36.0 Å². The van der Waals surface area contributed by atoms with E-state index in [4.69, 9.17) is 16.7 Å². The summed E-state index contributed by atoms with van der Waals surface area (Å²) in [6.45, 7) is 0.687. The molecular formula is C31H25ClN2O5S. The standard InChI is InChI=1S/C31H25ClN2O5S/c1-40(38,39)27-7-3-5-23(16-27)25-15-24-12-13-34(19-21-4-2-6-26(32)14-21)29(24)28(17-25)30(35)33-18-20-8-10-22(11-9-20)31(36)37/h2-17H,18-19H2,1H3,(H,33,35)(H,36,37). The minimum atomic E-state index is -3.41. The molecule has 4 aromatic carbocycles. The number of nitrogens with one attached hydrogen (secondary N) is 1. The number of rotatable bonds is 8. The van der Waals surface area contributed by atoms with Crippen LogP contribution in [0.1, 0.15) is 31.8 Å². The summed E-state index contributed by atoms with van der Waals surface area (Å²) in [6.07, 6.45) is 3.07. The lowest BCUT2D eigenvalue weighted by molar-refractivity contribution is 0.0696. The maximum atomic E-state index is 13.6. The predicted octanol–water partition coefficient (Wildman–Crippen LogP) is 6.04. The van der Waals surface area contributed by atoms with Gasteiger partial charge in [0.15, 0.2) is 9.84 Å². The highest BCUT2D eigenvalue weighted by Crippen LogP contribution is 2.31.